The van der Waals surface area contributed by atoms with E-state index in [0.717, 1.165) is 6.42 Å². The number of aromatic nitrogens is 2. The predicted molar refractivity (Wildman–Crippen MR) is 56.2 cm³/mol. The SMILES string of the molecule is NCC(CC1CC1)c1cnc(C(F)(F)F)nc1. The topological polar surface area (TPSA) is 51.8 Å². The van der Waals surface area contributed by atoms with Crippen LogP contribution in [0.3, 0.4) is 0 Å². The third kappa shape index (κ3) is 3.15. The first-order valence-corrected chi connectivity index (χ1v) is 5.60. The highest BCUT2D eigenvalue weighted by Crippen LogP contribution is 2.38. The molecule has 94 valence electrons. The van der Waals surface area contributed by atoms with Crippen LogP contribution in [0.4, 0.5) is 13.2 Å². The Morgan fingerprint density at radius 1 is 1.29 bits per heavy atom. The minimum atomic E-state index is -4.48. The van der Waals surface area contributed by atoms with Gasteiger partial charge in [-0.2, -0.15) is 13.2 Å². The molecular weight excluding hydrogens is 231 g/mol. The number of halogens is 3. The quantitative estimate of drug-likeness (QED) is 0.885. The number of nitrogens with two attached hydrogens (primary N) is 1. The summed E-state index contributed by atoms with van der Waals surface area (Å²) < 4.78 is 36.8. The van der Waals surface area contributed by atoms with E-state index in [1.807, 2.05) is 0 Å². The molecule has 17 heavy (non-hydrogen) atoms. The van der Waals surface area contributed by atoms with E-state index in [9.17, 15) is 13.2 Å². The molecule has 0 bridgehead atoms. The first kappa shape index (κ1) is 12.3. The summed E-state index contributed by atoms with van der Waals surface area (Å²) in [5, 5.41) is 0. The van der Waals surface area contributed by atoms with Gasteiger partial charge in [-0.1, -0.05) is 12.8 Å². The molecule has 0 radical (unpaired) electrons. The van der Waals surface area contributed by atoms with Crippen LogP contribution in [-0.2, 0) is 6.18 Å². The highest BCUT2D eigenvalue weighted by Gasteiger charge is 2.34. The Morgan fingerprint density at radius 3 is 2.29 bits per heavy atom. The highest BCUT2D eigenvalue weighted by atomic mass is 19.4. The third-order valence-corrected chi connectivity index (χ3v) is 3.00. The van der Waals surface area contributed by atoms with Crippen LogP contribution in [0.15, 0.2) is 12.4 Å². The summed E-state index contributed by atoms with van der Waals surface area (Å²) in [4.78, 5) is 6.71. The molecule has 1 aromatic heterocycles. The van der Waals surface area contributed by atoms with Crippen molar-refractivity contribution in [3.8, 4) is 0 Å². The van der Waals surface area contributed by atoms with Gasteiger partial charge in [0.15, 0.2) is 0 Å². The standard InChI is InChI=1S/C11H14F3N3/c12-11(13,14)10-16-5-9(6-17-10)8(4-15)3-7-1-2-7/h5-8H,1-4,15H2. The Morgan fingerprint density at radius 2 is 1.88 bits per heavy atom. The monoisotopic (exact) mass is 245 g/mol. The molecule has 0 aliphatic heterocycles. The van der Waals surface area contributed by atoms with Gasteiger partial charge in [0.05, 0.1) is 0 Å². The van der Waals surface area contributed by atoms with E-state index in [-0.39, 0.29) is 5.92 Å². The van der Waals surface area contributed by atoms with Gasteiger partial charge in [0.1, 0.15) is 0 Å². The normalized spacial score (nSPS) is 18.1. The zero-order valence-corrected chi connectivity index (χ0v) is 9.24. The Hall–Kier alpha value is -1.17. The summed E-state index contributed by atoms with van der Waals surface area (Å²) >= 11 is 0. The van der Waals surface area contributed by atoms with E-state index >= 15 is 0 Å². The van der Waals surface area contributed by atoms with Crippen molar-refractivity contribution in [3.05, 3.63) is 23.8 Å². The van der Waals surface area contributed by atoms with Crippen LogP contribution in [0.25, 0.3) is 0 Å². The van der Waals surface area contributed by atoms with Gasteiger partial charge in [0.25, 0.3) is 0 Å². The van der Waals surface area contributed by atoms with Gasteiger partial charge < -0.3 is 5.73 Å². The third-order valence-electron chi connectivity index (χ3n) is 3.00. The van der Waals surface area contributed by atoms with Crippen LogP contribution in [-0.4, -0.2) is 16.5 Å². The van der Waals surface area contributed by atoms with Gasteiger partial charge in [0, 0.05) is 12.4 Å². The van der Waals surface area contributed by atoms with Gasteiger partial charge in [-0.3, -0.25) is 0 Å². The van der Waals surface area contributed by atoms with Crippen molar-refractivity contribution in [2.45, 2.75) is 31.4 Å². The highest BCUT2D eigenvalue weighted by molar-refractivity contribution is 5.13. The maximum absolute atomic E-state index is 12.3. The van der Waals surface area contributed by atoms with Crippen molar-refractivity contribution in [1.82, 2.24) is 9.97 Å². The van der Waals surface area contributed by atoms with Crippen molar-refractivity contribution in [1.29, 1.82) is 0 Å². The molecule has 3 nitrogen and oxygen atoms in total. The van der Waals surface area contributed by atoms with Crippen LogP contribution in [0.5, 0.6) is 0 Å². The van der Waals surface area contributed by atoms with E-state index in [1.165, 1.54) is 25.2 Å². The van der Waals surface area contributed by atoms with Crippen LogP contribution >= 0.6 is 0 Å². The summed E-state index contributed by atoms with van der Waals surface area (Å²) in [6.45, 7) is 0.422. The lowest BCUT2D eigenvalue weighted by atomic mass is 9.96. The van der Waals surface area contributed by atoms with Crippen molar-refractivity contribution in [2.75, 3.05) is 6.54 Å². The first-order valence-electron chi connectivity index (χ1n) is 5.60. The van der Waals surface area contributed by atoms with Crippen LogP contribution in [0.1, 0.15) is 36.6 Å². The second-order valence-corrected chi connectivity index (χ2v) is 4.45. The summed E-state index contributed by atoms with van der Waals surface area (Å²) in [5.74, 6) is -0.348. The lowest BCUT2D eigenvalue weighted by Gasteiger charge is -2.14. The van der Waals surface area contributed by atoms with Gasteiger partial charge in [-0.25, -0.2) is 9.97 Å². The molecule has 0 spiro atoms. The zero-order chi connectivity index (χ0) is 12.5. The van der Waals surface area contributed by atoms with Gasteiger partial charge >= 0.3 is 6.18 Å². The minimum absolute atomic E-state index is 0.0739. The number of hydrogen-bond donors (Lipinski definition) is 1. The molecule has 1 aromatic rings. The molecule has 2 rings (SSSR count). The molecule has 1 aliphatic carbocycles. The summed E-state index contributed by atoms with van der Waals surface area (Å²) in [7, 11) is 0. The van der Waals surface area contributed by atoms with Gasteiger partial charge in [-0.05, 0) is 30.4 Å². The van der Waals surface area contributed by atoms with Gasteiger partial charge in [-0.15, -0.1) is 0 Å². The second kappa shape index (κ2) is 4.60. The molecule has 1 unspecified atom stereocenters. The molecular formula is C11H14F3N3. The molecule has 1 atom stereocenters. The molecule has 1 saturated carbocycles. The molecule has 0 aromatic carbocycles. The number of hydrogen-bond acceptors (Lipinski definition) is 3. The fourth-order valence-electron chi connectivity index (χ4n) is 1.82. The maximum atomic E-state index is 12.3. The molecule has 2 N–H and O–H groups in total. The van der Waals surface area contributed by atoms with Crippen molar-refractivity contribution in [2.24, 2.45) is 11.7 Å². The summed E-state index contributed by atoms with van der Waals surface area (Å²) in [6.07, 6.45) is 1.32. The van der Waals surface area contributed by atoms with Crippen molar-refractivity contribution in [3.63, 3.8) is 0 Å². The van der Waals surface area contributed by atoms with E-state index in [0.29, 0.717) is 18.0 Å². The lowest BCUT2D eigenvalue weighted by molar-refractivity contribution is -0.145. The Balaban J connectivity index is 2.09. The van der Waals surface area contributed by atoms with E-state index in [1.54, 1.807) is 0 Å². The Bertz CT molecular complexity index is 371. The van der Waals surface area contributed by atoms with E-state index < -0.39 is 12.0 Å². The molecule has 1 fully saturated rings. The van der Waals surface area contributed by atoms with Crippen molar-refractivity contribution >= 4 is 0 Å². The lowest BCUT2D eigenvalue weighted by Crippen LogP contribution is -2.16. The number of nitrogens with zero attached hydrogens (tertiary/aromatic N) is 2. The largest absolute Gasteiger partial charge is 0.451 e. The van der Waals surface area contributed by atoms with E-state index in [4.69, 9.17) is 5.73 Å². The molecule has 0 saturated heterocycles. The fraction of sp³-hybridized carbons (Fsp3) is 0.636. The molecule has 0 amide bonds. The van der Waals surface area contributed by atoms with Gasteiger partial charge in [0.2, 0.25) is 5.82 Å². The van der Waals surface area contributed by atoms with Crippen LogP contribution in [0.2, 0.25) is 0 Å². The minimum Gasteiger partial charge on any atom is -0.330 e. The molecule has 1 aliphatic rings. The summed E-state index contributed by atoms with van der Waals surface area (Å²) in [6, 6.07) is 0. The smallest absolute Gasteiger partial charge is 0.330 e. The van der Waals surface area contributed by atoms with Crippen LogP contribution < -0.4 is 5.73 Å². The number of alkyl halides is 3. The van der Waals surface area contributed by atoms with E-state index in [2.05, 4.69) is 9.97 Å². The average Bonchev–Trinajstić information content (AvgIpc) is 3.09. The van der Waals surface area contributed by atoms with Crippen molar-refractivity contribution < 1.29 is 13.2 Å². The average molecular weight is 245 g/mol. The first-order chi connectivity index (χ1) is 8.00. The summed E-state index contributed by atoms with van der Waals surface area (Å²) in [5.41, 5.74) is 6.33. The zero-order valence-electron chi connectivity index (χ0n) is 9.24. The Kier molecular flexibility index (Phi) is 3.33. The Labute approximate surface area is 97.3 Å². The number of rotatable bonds is 4. The fourth-order valence-corrected chi connectivity index (χ4v) is 1.82. The van der Waals surface area contributed by atoms with Crippen LogP contribution in [0, 0.1) is 5.92 Å². The molecule has 1 heterocycles. The maximum Gasteiger partial charge on any atom is 0.451 e. The second-order valence-electron chi connectivity index (χ2n) is 4.45. The molecule has 6 heteroatoms. The predicted octanol–water partition coefficient (Wildman–Crippen LogP) is 2.34.